The van der Waals surface area contributed by atoms with Crippen LogP contribution in [0.25, 0.3) is 0 Å². The number of ether oxygens (including phenoxy) is 1. The molecule has 4 nitrogen and oxygen atoms in total. The molecule has 1 aromatic rings. The van der Waals surface area contributed by atoms with Gasteiger partial charge in [-0.25, -0.2) is 0 Å². The lowest BCUT2D eigenvalue weighted by Crippen LogP contribution is -2.20. The summed E-state index contributed by atoms with van der Waals surface area (Å²) in [6.45, 7) is 0. The van der Waals surface area contributed by atoms with Crippen LogP contribution in [0.5, 0.6) is 0 Å². The molecule has 1 atom stereocenters. The molecule has 104 valence electrons. The number of carbonyl (C=O) groups is 2. The van der Waals surface area contributed by atoms with Crippen LogP contribution in [-0.4, -0.2) is 29.9 Å². The first-order chi connectivity index (χ1) is 8.93. The molecule has 1 aromatic carbocycles. The number of methoxy groups -OCH3 is 1. The maximum atomic E-state index is 11.1. The zero-order chi connectivity index (χ0) is 14.4. The molecule has 0 fully saturated rings. The molecule has 0 amide bonds. The lowest BCUT2D eigenvalue weighted by atomic mass is 10.1. The molecule has 19 heavy (non-hydrogen) atoms. The average Bonchev–Trinajstić information content (AvgIpc) is 2.37. The van der Waals surface area contributed by atoms with E-state index in [4.69, 9.17) is 28.3 Å². The number of halogens is 2. The summed E-state index contributed by atoms with van der Waals surface area (Å²) in [5, 5.41) is 9.88. The minimum atomic E-state index is -1.03. The average molecular weight is 323 g/mol. The highest BCUT2D eigenvalue weighted by atomic mass is 35.5. The monoisotopic (exact) mass is 322 g/mol. The fraction of sp³-hybridized carbons (Fsp3) is 0.333. The van der Waals surface area contributed by atoms with Crippen LogP contribution in [0.2, 0.25) is 10.0 Å². The van der Waals surface area contributed by atoms with Crippen LogP contribution in [0.15, 0.2) is 23.1 Å². The second kappa shape index (κ2) is 7.62. The highest BCUT2D eigenvalue weighted by Crippen LogP contribution is 2.29. The van der Waals surface area contributed by atoms with E-state index in [9.17, 15) is 9.59 Å². The van der Waals surface area contributed by atoms with Crippen LogP contribution < -0.4 is 0 Å². The van der Waals surface area contributed by atoms with Gasteiger partial charge in [0.25, 0.3) is 0 Å². The Balaban J connectivity index is 2.63. The highest BCUT2D eigenvalue weighted by Gasteiger charge is 2.22. The van der Waals surface area contributed by atoms with E-state index in [-0.39, 0.29) is 12.2 Å². The van der Waals surface area contributed by atoms with Gasteiger partial charge < -0.3 is 9.84 Å². The van der Waals surface area contributed by atoms with Gasteiger partial charge in [-0.3, -0.25) is 9.59 Å². The van der Waals surface area contributed by atoms with Gasteiger partial charge in [0, 0.05) is 10.6 Å². The number of hydrogen-bond donors (Lipinski definition) is 1. The SMILES string of the molecule is COC(=O)CC(CSc1ccc(Cl)c(Cl)c1)C(=O)O. The number of hydrogen-bond acceptors (Lipinski definition) is 4. The predicted octanol–water partition coefficient (Wildman–Crippen LogP) is 3.35. The minimum Gasteiger partial charge on any atom is -0.481 e. The van der Waals surface area contributed by atoms with Crippen LogP contribution in [0.1, 0.15) is 6.42 Å². The summed E-state index contributed by atoms with van der Waals surface area (Å²) in [6.07, 6.45) is -0.153. The number of rotatable bonds is 6. The van der Waals surface area contributed by atoms with Gasteiger partial charge in [0.05, 0.1) is 29.5 Å². The third-order valence-corrected chi connectivity index (χ3v) is 4.23. The van der Waals surface area contributed by atoms with Crippen molar-refractivity contribution in [2.45, 2.75) is 11.3 Å². The van der Waals surface area contributed by atoms with Crippen molar-refractivity contribution in [3.63, 3.8) is 0 Å². The first-order valence-corrected chi connectivity index (χ1v) is 7.05. The standard InChI is InChI=1S/C12H12Cl2O4S/c1-18-11(15)4-7(12(16)17)6-19-8-2-3-9(13)10(14)5-8/h2-3,5,7H,4,6H2,1H3,(H,16,17). The lowest BCUT2D eigenvalue weighted by Gasteiger charge is -2.10. The topological polar surface area (TPSA) is 63.6 Å². The van der Waals surface area contributed by atoms with E-state index in [0.717, 1.165) is 4.90 Å². The van der Waals surface area contributed by atoms with Crippen molar-refractivity contribution in [3.8, 4) is 0 Å². The number of carboxylic acids is 1. The molecular weight excluding hydrogens is 311 g/mol. The summed E-state index contributed by atoms with van der Waals surface area (Å²) in [5.74, 6) is -2.12. The van der Waals surface area contributed by atoms with Gasteiger partial charge in [-0.2, -0.15) is 0 Å². The molecule has 1 N–H and O–H groups in total. The van der Waals surface area contributed by atoms with Gasteiger partial charge in [0.2, 0.25) is 0 Å². The third kappa shape index (κ3) is 5.30. The zero-order valence-corrected chi connectivity index (χ0v) is 12.4. The highest BCUT2D eigenvalue weighted by molar-refractivity contribution is 7.99. The Hall–Kier alpha value is -0.910. The molecule has 0 aliphatic rings. The molecule has 7 heteroatoms. The molecule has 0 spiro atoms. The van der Waals surface area contributed by atoms with E-state index in [1.165, 1.54) is 18.9 Å². The molecule has 1 unspecified atom stereocenters. The normalized spacial score (nSPS) is 11.9. The molecule has 0 bridgehead atoms. The van der Waals surface area contributed by atoms with Crippen LogP contribution in [0, 0.1) is 5.92 Å². The van der Waals surface area contributed by atoms with Crippen molar-refractivity contribution in [1.82, 2.24) is 0 Å². The fourth-order valence-corrected chi connectivity index (χ4v) is 2.65. The first-order valence-electron chi connectivity index (χ1n) is 5.31. The molecule has 1 rings (SSSR count). The van der Waals surface area contributed by atoms with E-state index < -0.39 is 17.9 Å². The smallest absolute Gasteiger partial charge is 0.307 e. The Bertz CT molecular complexity index is 479. The molecule has 0 radical (unpaired) electrons. The van der Waals surface area contributed by atoms with E-state index in [1.54, 1.807) is 18.2 Å². The summed E-state index contributed by atoms with van der Waals surface area (Å²) in [4.78, 5) is 22.9. The molecule has 0 saturated heterocycles. The van der Waals surface area contributed by atoms with Crippen LogP contribution in [-0.2, 0) is 14.3 Å². The van der Waals surface area contributed by atoms with Crippen LogP contribution in [0.3, 0.4) is 0 Å². The van der Waals surface area contributed by atoms with E-state index in [2.05, 4.69) is 4.74 Å². The van der Waals surface area contributed by atoms with Crippen molar-refractivity contribution >= 4 is 46.9 Å². The summed E-state index contributed by atoms with van der Waals surface area (Å²) in [6, 6.07) is 5.05. The van der Waals surface area contributed by atoms with Gasteiger partial charge in [-0.1, -0.05) is 23.2 Å². The maximum absolute atomic E-state index is 11.1. The second-order valence-electron chi connectivity index (χ2n) is 3.70. The van der Waals surface area contributed by atoms with Gasteiger partial charge in [0.1, 0.15) is 0 Å². The Kier molecular flexibility index (Phi) is 6.48. The summed E-state index contributed by atoms with van der Waals surface area (Å²) in [5.41, 5.74) is 0. The van der Waals surface area contributed by atoms with Gasteiger partial charge in [0.15, 0.2) is 0 Å². The largest absolute Gasteiger partial charge is 0.481 e. The van der Waals surface area contributed by atoms with E-state index in [0.29, 0.717) is 10.0 Å². The number of aliphatic carboxylic acids is 1. The summed E-state index contributed by atoms with van der Waals surface area (Å²) in [7, 11) is 1.23. The summed E-state index contributed by atoms with van der Waals surface area (Å²) >= 11 is 12.9. The fourth-order valence-electron chi connectivity index (χ4n) is 1.27. The number of esters is 1. The van der Waals surface area contributed by atoms with Crippen molar-refractivity contribution in [2.24, 2.45) is 5.92 Å². The molecule has 0 aliphatic carbocycles. The zero-order valence-electron chi connectivity index (χ0n) is 10.1. The number of carbonyl (C=O) groups excluding carboxylic acids is 1. The number of benzene rings is 1. The number of thioether (sulfide) groups is 1. The Labute approximate surface area is 125 Å². The third-order valence-electron chi connectivity index (χ3n) is 2.33. The molecule has 0 aliphatic heterocycles. The van der Waals surface area contributed by atoms with Crippen molar-refractivity contribution in [2.75, 3.05) is 12.9 Å². The molecule has 0 aromatic heterocycles. The first kappa shape index (κ1) is 16.1. The maximum Gasteiger partial charge on any atom is 0.307 e. The van der Waals surface area contributed by atoms with Gasteiger partial charge in [-0.05, 0) is 18.2 Å². The lowest BCUT2D eigenvalue weighted by molar-refractivity contribution is -0.149. The molecular formula is C12H12Cl2O4S. The Morgan fingerprint density at radius 3 is 2.58 bits per heavy atom. The number of carboxylic acid groups (broad SMARTS) is 1. The van der Waals surface area contributed by atoms with Crippen LogP contribution in [0.4, 0.5) is 0 Å². The Morgan fingerprint density at radius 1 is 1.37 bits per heavy atom. The predicted molar refractivity (Wildman–Crippen MR) is 74.9 cm³/mol. The molecule has 0 heterocycles. The minimum absolute atomic E-state index is 0.153. The van der Waals surface area contributed by atoms with Crippen molar-refractivity contribution in [1.29, 1.82) is 0 Å². The second-order valence-corrected chi connectivity index (χ2v) is 5.61. The Morgan fingerprint density at radius 2 is 2.05 bits per heavy atom. The van der Waals surface area contributed by atoms with Crippen LogP contribution >= 0.6 is 35.0 Å². The molecule has 0 saturated carbocycles. The van der Waals surface area contributed by atoms with Crippen molar-refractivity contribution < 1.29 is 19.4 Å². The van der Waals surface area contributed by atoms with Crippen molar-refractivity contribution in [3.05, 3.63) is 28.2 Å². The summed E-state index contributed by atoms with van der Waals surface area (Å²) < 4.78 is 4.47. The van der Waals surface area contributed by atoms with Gasteiger partial charge in [-0.15, -0.1) is 11.8 Å². The quantitative estimate of drug-likeness (QED) is 0.642. The van der Waals surface area contributed by atoms with E-state index >= 15 is 0 Å². The van der Waals surface area contributed by atoms with E-state index in [1.807, 2.05) is 0 Å². The van der Waals surface area contributed by atoms with Gasteiger partial charge >= 0.3 is 11.9 Å².